The van der Waals surface area contributed by atoms with Gasteiger partial charge in [-0.25, -0.2) is 4.98 Å². The number of aryl methyl sites for hydroxylation is 2. The van der Waals surface area contributed by atoms with Crippen LogP contribution in [-0.4, -0.2) is 11.0 Å². The fourth-order valence-corrected chi connectivity index (χ4v) is 3.07. The van der Waals surface area contributed by atoms with Gasteiger partial charge in [-0.05, 0) is 49.7 Å². The summed E-state index contributed by atoms with van der Waals surface area (Å²) < 4.78 is 0. The van der Waals surface area contributed by atoms with Gasteiger partial charge in [-0.15, -0.1) is 0 Å². The van der Waals surface area contributed by atoms with Crippen molar-refractivity contribution in [3.05, 3.63) is 35.7 Å². The monoisotopic (exact) mass is 228 g/mol. The summed E-state index contributed by atoms with van der Waals surface area (Å²) in [5.41, 5.74) is 3.92. The van der Waals surface area contributed by atoms with E-state index in [9.17, 15) is 0 Å². The normalized spacial score (nSPS) is 27.6. The molecule has 0 atom stereocenters. The van der Waals surface area contributed by atoms with Gasteiger partial charge >= 0.3 is 0 Å². The number of fused-ring (bicyclic) bond motifs is 1. The first-order valence-corrected chi connectivity index (χ1v) is 6.57. The predicted molar refractivity (Wildman–Crippen MR) is 71.1 cm³/mol. The van der Waals surface area contributed by atoms with Crippen molar-refractivity contribution < 1.29 is 0 Å². The lowest BCUT2D eigenvalue weighted by molar-refractivity contribution is 0.278. The first-order valence-electron chi connectivity index (χ1n) is 6.57. The molecule has 1 aliphatic heterocycles. The Morgan fingerprint density at radius 1 is 1.35 bits per heavy atom. The van der Waals surface area contributed by atoms with Crippen LogP contribution in [-0.2, 0) is 6.42 Å². The van der Waals surface area contributed by atoms with Gasteiger partial charge in [-0.1, -0.05) is 19.6 Å². The molecular weight excluding hydrogens is 208 g/mol. The topological polar surface area (TPSA) is 16.1 Å². The molecule has 1 fully saturated rings. The highest BCUT2D eigenvalue weighted by molar-refractivity contribution is 5.57. The Hall–Kier alpha value is -1.31. The molecule has 2 heterocycles. The first-order chi connectivity index (χ1) is 8.15. The molecule has 17 heavy (non-hydrogen) atoms. The van der Waals surface area contributed by atoms with Crippen molar-refractivity contribution in [3.8, 4) is 0 Å². The van der Waals surface area contributed by atoms with Crippen molar-refractivity contribution in [2.24, 2.45) is 5.92 Å². The number of anilines is 1. The van der Waals surface area contributed by atoms with Crippen LogP contribution in [0.4, 0.5) is 5.82 Å². The summed E-state index contributed by atoms with van der Waals surface area (Å²) in [6, 6.07) is 2.93. The third kappa shape index (κ3) is 1.76. The highest BCUT2D eigenvalue weighted by Gasteiger charge is 2.35. The van der Waals surface area contributed by atoms with Crippen LogP contribution in [0.5, 0.6) is 0 Å². The maximum atomic E-state index is 4.64. The van der Waals surface area contributed by atoms with Gasteiger partial charge in [0.2, 0.25) is 0 Å². The Bertz CT molecular complexity index is 458. The molecule has 1 saturated carbocycles. The number of pyridine rings is 1. The van der Waals surface area contributed by atoms with E-state index in [4.69, 9.17) is 0 Å². The van der Waals surface area contributed by atoms with Gasteiger partial charge in [0.25, 0.3) is 0 Å². The SMILES string of the molecule is C=C1CCc2cc(C)cnc2N1C1CC(C)C1. The van der Waals surface area contributed by atoms with Crippen molar-refractivity contribution in [2.75, 3.05) is 4.90 Å². The van der Waals surface area contributed by atoms with E-state index in [1.165, 1.54) is 35.5 Å². The van der Waals surface area contributed by atoms with Crippen LogP contribution in [0.3, 0.4) is 0 Å². The molecular formula is C15H20N2. The van der Waals surface area contributed by atoms with Crippen molar-refractivity contribution in [1.29, 1.82) is 0 Å². The van der Waals surface area contributed by atoms with Gasteiger partial charge in [-0.2, -0.15) is 0 Å². The number of aromatic nitrogens is 1. The summed E-state index contributed by atoms with van der Waals surface area (Å²) in [5, 5.41) is 0. The smallest absolute Gasteiger partial charge is 0.136 e. The average molecular weight is 228 g/mol. The molecule has 2 heteroatoms. The van der Waals surface area contributed by atoms with Gasteiger partial charge in [0, 0.05) is 17.9 Å². The summed E-state index contributed by atoms with van der Waals surface area (Å²) in [4.78, 5) is 7.04. The van der Waals surface area contributed by atoms with Gasteiger partial charge in [-0.3, -0.25) is 0 Å². The Labute approximate surface area is 103 Å². The summed E-state index contributed by atoms with van der Waals surface area (Å²) in [6.45, 7) is 8.67. The second-order valence-corrected chi connectivity index (χ2v) is 5.66. The maximum absolute atomic E-state index is 4.64. The number of nitrogens with zero attached hydrogens (tertiary/aromatic N) is 2. The lowest BCUT2D eigenvalue weighted by Crippen LogP contribution is -2.45. The van der Waals surface area contributed by atoms with Gasteiger partial charge in [0.05, 0.1) is 0 Å². The van der Waals surface area contributed by atoms with Crippen molar-refractivity contribution in [3.63, 3.8) is 0 Å². The third-order valence-electron chi connectivity index (χ3n) is 4.05. The molecule has 0 unspecified atom stereocenters. The second kappa shape index (κ2) is 3.86. The summed E-state index contributed by atoms with van der Waals surface area (Å²) >= 11 is 0. The molecule has 0 amide bonds. The minimum absolute atomic E-state index is 0.645. The summed E-state index contributed by atoms with van der Waals surface area (Å²) in [5.74, 6) is 2.03. The fraction of sp³-hybridized carbons (Fsp3) is 0.533. The van der Waals surface area contributed by atoms with Crippen LogP contribution in [0.2, 0.25) is 0 Å². The van der Waals surface area contributed by atoms with Gasteiger partial charge in [0.15, 0.2) is 0 Å². The van der Waals surface area contributed by atoms with E-state index in [0.717, 1.165) is 18.8 Å². The Morgan fingerprint density at radius 2 is 2.12 bits per heavy atom. The summed E-state index contributed by atoms with van der Waals surface area (Å²) in [6.07, 6.45) is 6.74. The van der Waals surface area contributed by atoms with E-state index in [-0.39, 0.29) is 0 Å². The lowest BCUT2D eigenvalue weighted by Gasteiger charge is -2.45. The number of hydrogen-bond acceptors (Lipinski definition) is 2. The average Bonchev–Trinajstić information content (AvgIpc) is 2.26. The van der Waals surface area contributed by atoms with E-state index in [1.807, 2.05) is 6.20 Å². The second-order valence-electron chi connectivity index (χ2n) is 5.66. The summed E-state index contributed by atoms with van der Waals surface area (Å²) in [7, 11) is 0. The molecule has 0 saturated heterocycles. The largest absolute Gasteiger partial charge is 0.327 e. The molecule has 0 aromatic carbocycles. The molecule has 1 aromatic heterocycles. The zero-order chi connectivity index (χ0) is 12.0. The van der Waals surface area contributed by atoms with Crippen LogP contribution >= 0.6 is 0 Å². The highest BCUT2D eigenvalue weighted by atomic mass is 15.2. The number of rotatable bonds is 1. The van der Waals surface area contributed by atoms with E-state index in [1.54, 1.807) is 0 Å². The molecule has 2 aliphatic rings. The van der Waals surface area contributed by atoms with Gasteiger partial charge < -0.3 is 4.90 Å². The lowest BCUT2D eigenvalue weighted by atomic mass is 9.79. The van der Waals surface area contributed by atoms with E-state index in [0.29, 0.717) is 6.04 Å². The van der Waals surface area contributed by atoms with E-state index in [2.05, 4.69) is 36.4 Å². The maximum Gasteiger partial charge on any atom is 0.136 e. The predicted octanol–water partition coefficient (Wildman–Crippen LogP) is 3.45. The van der Waals surface area contributed by atoms with Crippen molar-refractivity contribution in [2.45, 2.75) is 45.6 Å². The Morgan fingerprint density at radius 3 is 2.82 bits per heavy atom. The zero-order valence-corrected chi connectivity index (χ0v) is 10.7. The van der Waals surface area contributed by atoms with Crippen molar-refractivity contribution >= 4 is 5.82 Å². The molecule has 1 aromatic rings. The van der Waals surface area contributed by atoms with Crippen LogP contribution in [0.15, 0.2) is 24.5 Å². The molecule has 2 nitrogen and oxygen atoms in total. The molecule has 1 aliphatic carbocycles. The quantitative estimate of drug-likeness (QED) is 0.732. The van der Waals surface area contributed by atoms with E-state index >= 15 is 0 Å². The molecule has 90 valence electrons. The van der Waals surface area contributed by atoms with Crippen LogP contribution in [0.1, 0.15) is 37.3 Å². The Balaban J connectivity index is 1.96. The molecule has 0 radical (unpaired) electrons. The van der Waals surface area contributed by atoms with Gasteiger partial charge in [0.1, 0.15) is 5.82 Å². The van der Waals surface area contributed by atoms with Crippen LogP contribution < -0.4 is 4.90 Å². The zero-order valence-electron chi connectivity index (χ0n) is 10.7. The first kappa shape index (κ1) is 10.8. The number of allylic oxidation sites excluding steroid dienone is 1. The fourth-order valence-electron chi connectivity index (χ4n) is 3.07. The molecule has 0 spiro atoms. The standard InChI is InChI=1S/C15H20N2/c1-10-7-14(8-10)17-12(3)4-5-13-6-11(2)9-16-15(13)17/h6,9-10,14H,3-5,7-8H2,1-2H3. The minimum Gasteiger partial charge on any atom is -0.327 e. The van der Waals surface area contributed by atoms with Crippen LogP contribution in [0.25, 0.3) is 0 Å². The van der Waals surface area contributed by atoms with E-state index < -0.39 is 0 Å². The van der Waals surface area contributed by atoms with Crippen LogP contribution in [0, 0.1) is 12.8 Å². The molecule has 3 rings (SSSR count). The third-order valence-corrected chi connectivity index (χ3v) is 4.05. The number of hydrogen-bond donors (Lipinski definition) is 0. The molecule has 0 bridgehead atoms. The van der Waals surface area contributed by atoms with Crippen molar-refractivity contribution in [1.82, 2.24) is 4.98 Å². The Kier molecular flexibility index (Phi) is 2.46. The molecule has 0 N–H and O–H groups in total. The highest BCUT2D eigenvalue weighted by Crippen LogP contribution is 2.40. The minimum atomic E-state index is 0.645.